The summed E-state index contributed by atoms with van der Waals surface area (Å²) in [6.07, 6.45) is -3.46. The Labute approximate surface area is 107 Å². The minimum absolute atomic E-state index is 0.147. The van der Waals surface area contributed by atoms with Gasteiger partial charge in [0.1, 0.15) is 0 Å². The zero-order chi connectivity index (χ0) is 12.6. The first-order valence-corrected chi connectivity index (χ1v) is 6.39. The van der Waals surface area contributed by atoms with E-state index >= 15 is 0 Å². The lowest BCUT2D eigenvalue weighted by Crippen LogP contribution is -2.26. The quantitative estimate of drug-likeness (QED) is 0.767. The van der Waals surface area contributed by atoms with Crippen molar-refractivity contribution in [3.8, 4) is 0 Å². The molecule has 1 unspecified atom stereocenters. The molecule has 17 heavy (non-hydrogen) atoms. The number of anilines is 1. The van der Waals surface area contributed by atoms with Gasteiger partial charge in [0, 0.05) is 4.90 Å². The summed E-state index contributed by atoms with van der Waals surface area (Å²) in [7, 11) is 0. The standard InChI is InChI=1S/C11H10F3NS2/c1-2-8-10(16)15-7-5-6(11(12,13)14)3-4-9(7)17-8/h3-5,8H,2H2,1H3,(H,15,16). The second kappa shape index (κ2) is 4.49. The molecule has 1 aliphatic heterocycles. The van der Waals surface area contributed by atoms with Crippen LogP contribution in [0.4, 0.5) is 18.9 Å². The van der Waals surface area contributed by atoms with Crippen LogP contribution in [0.3, 0.4) is 0 Å². The van der Waals surface area contributed by atoms with Crippen molar-refractivity contribution in [2.24, 2.45) is 0 Å². The zero-order valence-electron chi connectivity index (χ0n) is 8.97. The van der Waals surface area contributed by atoms with Crippen molar-refractivity contribution in [1.29, 1.82) is 0 Å². The van der Waals surface area contributed by atoms with Crippen molar-refractivity contribution >= 4 is 34.7 Å². The predicted molar refractivity (Wildman–Crippen MR) is 67.6 cm³/mol. The summed E-state index contributed by atoms with van der Waals surface area (Å²) < 4.78 is 37.6. The van der Waals surface area contributed by atoms with Crippen LogP contribution in [-0.2, 0) is 6.18 Å². The lowest BCUT2D eigenvalue weighted by atomic mass is 10.2. The molecular formula is C11H10F3NS2. The van der Waals surface area contributed by atoms with Crippen LogP contribution >= 0.6 is 24.0 Å². The van der Waals surface area contributed by atoms with E-state index in [0.29, 0.717) is 10.7 Å². The van der Waals surface area contributed by atoms with Gasteiger partial charge in [-0.25, -0.2) is 0 Å². The molecule has 1 aliphatic rings. The molecule has 6 heteroatoms. The maximum atomic E-state index is 12.5. The first kappa shape index (κ1) is 12.7. The molecule has 1 aromatic rings. The van der Waals surface area contributed by atoms with Crippen LogP contribution in [0.1, 0.15) is 18.9 Å². The summed E-state index contributed by atoms with van der Waals surface area (Å²) in [4.78, 5) is 1.42. The van der Waals surface area contributed by atoms with Gasteiger partial charge in [0.05, 0.1) is 21.5 Å². The van der Waals surface area contributed by atoms with Gasteiger partial charge >= 0.3 is 6.18 Å². The van der Waals surface area contributed by atoms with E-state index in [-0.39, 0.29) is 5.25 Å². The molecule has 0 radical (unpaired) electrons. The molecular weight excluding hydrogens is 267 g/mol. The fourth-order valence-electron chi connectivity index (χ4n) is 1.60. The third-order valence-corrected chi connectivity index (χ3v) is 4.50. The summed E-state index contributed by atoms with van der Waals surface area (Å²) in [5.41, 5.74) is -0.193. The number of thioether (sulfide) groups is 1. The molecule has 0 spiro atoms. The number of alkyl halides is 3. The fourth-order valence-corrected chi connectivity index (χ4v) is 3.04. The Morgan fingerprint density at radius 1 is 1.41 bits per heavy atom. The summed E-state index contributed by atoms with van der Waals surface area (Å²) in [6, 6.07) is 3.72. The van der Waals surface area contributed by atoms with E-state index in [4.69, 9.17) is 12.2 Å². The van der Waals surface area contributed by atoms with Gasteiger partial charge in [-0.3, -0.25) is 0 Å². The number of halogens is 3. The Hall–Kier alpha value is -0.750. The topological polar surface area (TPSA) is 12.0 Å². The molecule has 1 aromatic carbocycles. The molecule has 1 heterocycles. The fraction of sp³-hybridized carbons (Fsp3) is 0.364. The zero-order valence-corrected chi connectivity index (χ0v) is 10.6. The number of hydrogen-bond acceptors (Lipinski definition) is 2. The molecule has 0 bridgehead atoms. The monoisotopic (exact) mass is 277 g/mol. The molecule has 1 atom stereocenters. The molecule has 2 rings (SSSR count). The average molecular weight is 277 g/mol. The summed E-state index contributed by atoms with van der Waals surface area (Å²) in [6.45, 7) is 2.00. The van der Waals surface area contributed by atoms with Crippen LogP contribution in [0.2, 0.25) is 0 Å². The second-order valence-corrected chi connectivity index (χ2v) is 5.40. The Morgan fingerprint density at radius 3 is 2.71 bits per heavy atom. The highest BCUT2D eigenvalue weighted by molar-refractivity contribution is 8.02. The number of thiocarbonyl (C=S) groups is 1. The van der Waals surface area contributed by atoms with Gasteiger partial charge in [-0.1, -0.05) is 19.1 Å². The Morgan fingerprint density at radius 2 is 2.12 bits per heavy atom. The Kier molecular flexibility index (Phi) is 3.36. The molecule has 0 saturated heterocycles. The van der Waals surface area contributed by atoms with Crippen LogP contribution in [0, 0.1) is 0 Å². The van der Waals surface area contributed by atoms with Gasteiger partial charge in [-0.2, -0.15) is 13.2 Å². The van der Waals surface area contributed by atoms with Crippen molar-refractivity contribution < 1.29 is 13.2 Å². The maximum absolute atomic E-state index is 12.5. The van der Waals surface area contributed by atoms with Gasteiger partial charge in [-0.15, -0.1) is 11.8 Å². The molecule has 1 N–H and O–H groups in total. The Balaban J connectivity index is 2.36. The van der Waals surface area contributed by atoms with Gasteiger partial charge < -0.3 is 5.32 Å². The normalized spacial score (nSPS) is 19.8. The molecule has 0 aliphatic carbocycles. The summed E-state index contributed by atoms with van der Waals surface area (Å²) >= 11 is 6.64. The van der Waals surface area contributed by atoms with E-state index in [9.17, 15) is 13.2 Å². The highest BCUT2D eigenvalue weighted by atomic mass is 32.2. The third kappa shape index (κ3) is 2.57. The van der Waals surface area contributed by atoms with E-state index in [1.165, 1.54) is 17.8 Å². The lowest BCUT2D eigenvalue weighted by Gasteiger charge is -2.26. The lowest BCUT2D eigenvalue weighted by molar-refractivity contribution is -0.137. The van der Waals surface area contributed by atoms with E-state index in [1.807, 2.05) is 6.92 Å². The molecule has 0 fully saturated rings. The van der Waals surface area contributed by atoms with E-state index < -0.39 is 11.7 Å². The molecule has 92 valence electrons. The van der Waals surface area contributed by atoms with Crippen LogP contribution in [0.5, 0.6) is 0 Å². The van der Waals surface area contributed by atoms with Crippen molar-refractivity contribution in [1.82, 2.24) is 0 Å². The van der Waals surface area contributed by atoms with Crippen LogP contribution < -0.4 is 5.32 Å². The molecule has 0 amide bonds. The van der Waals surface area contributed by atoms with Gasteiger partial charge in [0.2, 0.25) is 0 Å². The minimum Gasteiger partial charge on any atom is -0.348 e. The van der Waals surface area contributed by atoms with E-state index in [0.717, 1.165) is 23.4 Å². The summed E-state index contributed by atoms with van der Waals surface area (Å²) in [5.74, 6) is 0. The highest BCUT2D eigenvalue weighted by Crippen LogP contribution is 2.40. The minimum atomic E-state index is -4.31. The molecule has 1 nitrogen and oxygen atoms in total. The first-order valence-electron chi connectivity index (χ1n) is 5.10. The summed E-state index contributed by atoms with van der Waals surface area (Å²) in [5, 5.41) is 3.03. The van der Waals surface area contributed by atoms with Crippen LogP contribution in [0.15, 0.2) is 23.1 Å². The average Bonchev–Trinajstić information content (AvgIpc) is 2.26. The number of hydrogen-bond donors (Lipinski definition) is 1. The predicted octanol–water partition coefficient (Wildman–Crippen LogP) is 4.33. The highest BCUT2D eigenvalue weighted by Gasteiger charge is 2.32. The van der Waals surface area contributed by atoms with Crippen LogP contribution in [-0.4, -0.2) is 10.2 Å². The van der Waals surface area contributed by atoms with Gasteiger partial charge in [-0.05, 0) is 24.6 Å². The first-order chi connectivity index (χ1) is 7.91. The van der Waals surface area contributed by atoms with Gasteiger partial charge in [0.25, 0.3) is 0 Å². The number of fused-ring (bicyclic) bond motifs is 1. The molecule has 0 saturated carbocycles. The van der Waals surface area contributed by atoms with Crippen molar-refractivity contribution in [2.45, 2.75) is 29.7 Å². The third-order valence-electron chi connectivity index (χ3n) is 2.50. The SMILES string of the molecule is CCC1Sc2ccc(C(F)(F)F)cc2NC1=S. The maximum Gasteiger partial charge on any atom is 0.416 e. The van der Waals surface area contributed by atoms with E-state index in [2.05, 4.69) is 5.32 Å². The van der Waals surface area contributed by atoms with Gasteiger partial charge in [0.15, 0.2) is 0 Å². The largest absolute Gasteiger partial charge is 0.416 e. The second-order valence-electron chi connectivity index (χ2n) is 3.71. The smallest absolute Gasteiger partial charge is 0.348 e. The molecule has 0 aromatic heterocycles. The van der Waals surface area contributed by atoms with Crippen molar-refractivity contribution in [3.63, 3.8) is 0 Å². The Bertz CT molecular complexity index is 457. The number of nitrogens with one attached hydrogen (secondary N) is 1. The number of rotatable bonds is 1. The van der Waals surface area contributed by atoms with Crippen LogP contribution in [0.25, 0.3) is 0 Å². The van der Waals surface area contributed by atoms with E-state index in [1.54, 1.807) is 0 Å². The number of benzene rings is 1. The van der Waals surface area contributed by atoms with Crippen molar-refractivity contribution in [2.75, 3.05) is 5.32 Å². The van der Waals surface area contributed by atoms with Crippen molar-refractivity contribution in [3.05, 3.63) is 23.8 Å².